The Kier molecular flexibility index (Phi) is 9.53. The van der Waals surface area contributed by atoms with Crippen LogP contribution in [0.2, 0.25) is 0 Å². The Morgan fingerprint density at radius 3 is 2.58 bits per heavy atom. The van der Waals surface area contributed by atoms with E-state index in [1.165, 1.54) is 12.1 Å². The number of aliphatic imine (C=N–C) groups is 1. The van der Waals surface area contributed by atoms with Gasteiger partial charge in [0.2, 0.25) is 0 Å². The molecule has 1 aromatic rings. The first-order valence-electron chi connectivity index (χ1n) is 8.24. The maximum atomic E-state index is 12.9. The number of nitrogens with zero attached hydrogens (tertiary/aromatic N) is 3. The number of likely N-dealkylation sites (N-methyl/N-ethyl adjacent to an activating group) is 2. The van der Waals surface area contributed by atoms with Gasteiger partial charge < -0.3 is 15.5 Å². The van der Waals surface area contributed by atoms with E-state index in [-0.39, 0.29) is 29.8 Å². The first-order valence-corrected chi connectivity index (χ1v) is 8.24. The van der Waals surface area contributed by atoms with Crippen LogP contribution >= 0.6 is 24.0 Å². The van der Waals surface area contributed by atoms with Crippen molar-refractivity contribution in [2.45, 2.75) is 19.5 Å². The highest BCUT2D eigenvalue weighted by Crippen LogP contribution is 2.05. The minimum Gasteiger partial charge on any atom is -0.357 e. The summed E-state index contributed by atoms with van der Waals surface area (Å²) in [6, 6.07) is 6.96. The molecule has 1 unspecified atom stereocenters. The van der Waals surface area contributed by atoms with E-state index in [0.717, 1.165) is 44.2 Å². The molecular weight excluding hydrogens is 420 g/mol. The van der Waals surface area contributed by atoms with Crippen molar-refractivity contribution in [3.63, 3.8) is 0 Å². The van der Waals surface area contributed by atoms with Crippen LogP contribution in [0.25, 0.3) is 0 Å². The molecule has 136 valence electrons. The molecule has 0 radical (unpaired) electrons. The van der Waals surface area contributed by atoms with E-state index in [4.69, 9.17) is 0 Å². The number of halogens is 2. The van der Waals surface area contributed by atoms with Gasteiger partial charge in [0.05, 0.1) is 6.54 Å². The van der Waals surface area contributed by atoms with Crippen LogP contribution in [-0.4, -0.2) is 68.6 Å². The van der Waals surface area contributed by atoms with E-state index in [2.05, 4.69) is 46.4 Å². The lowest BCUT2D eigenvalue weighted by Crippen LogP contribution is -2.55. The summed E-state index contributed by atoms with van der Waals surface area (Å²) in [7, 11) is 4.33. The Morgan fingerprint density at radius 1 is 1.21 bits per heavy atom. The molecule has 0 saturated carbocycles. The molecular formula is C17H29FIN5. The molecule has 1 atom stereocenters. The van der Waals surface area contributed by atoms with Crippen LogP contribution in [0, 0.1) is 5.82 Å². The van der Waals surface area contributed by atoms with Gasteiger partial charge in [0.15, 0.2) is 5.96 Å². The molecule has 0 bridgehead atoms. The van der Waals surface area contributed by atoms with Gasteiger partial charge in [-0.15, -0.1) is 24.0 Å². The molecule has 1 saturated heterocycles. The fourth-order valence-corrected chi connectivity index (χ4v) is 2.64. The average Bonchev–Trinajstić information content (AvgIpc) is 2.54. The van der Waals surface area contributed by atoms with Gasteiger partial charge in [-0.1, -0.05) is 12.1 Å². The molecule has 1 aromatic carbocycles. The number of guanidine groups is 1. The normalized spacial score (nSPS) is 19.7. The number of benzene rings is 1. The molecule has 2 rings (SSSR count). The minimum absolute atomic E-state index is 0. The zero-order valence-corrected chi connectivity index (χ0v) is 17.1. The molecule has 1 aliphatic rings. The van der Waals surface area contributed by atoms with Gasteiger partial charge in [-0.2, -0.15) is 0 Å². The van der Waals surface area contributed by atoms with Crippen molar-refractivity contribution in [1.29, 1.82) is 0 Å². The Labute approximate surface area is 161 Å². The smallest absolute Gasteiger partial charge is 0.191 e. The number of hydrogen-bond donors (Lipinski definition) is 2. The maximum absolute atomic E-state index is 12.9. The first-order chi connectivity index (χ1) is 11.1. The highest BCUT2D eigenvalue weighted by molar-refractivity contribution is 14.0. The van der Waals surface area contributed by atoms with E-state index in [9.17, 15) is 4.39 Å². The van der Waals surface area contributed by atoms with E-state index in [0.29, 0.717) is 12.6 Å². The lowest BCUT2D eigenvalue weighted by molar-refractivity contribution is 0.116. The van der Waals surface area contributed by atoms with Crippen LogP contribution in [0.1, 0.15) is 12.5 Å². The van der Waals surface area contributed by atoms with Crippen LogP contribution in [0.5, 0.6) is 0 Å². The molecule has 0 aliphatic carbocycles. The van der Waals surface area contributed by atoms with E-state index in [1.807, 2.05) is 0 Å². The quantitative estimate of drug-likeness (QED) is 0.409. The summed E-state index contributed by atoms with van der Waals surface area (Å²) in [6.07, 6.45) is 0. The monoisotopic (exact) mass is 449 g/mol. The van der Waals surface area contributed by atoms with Gasteiger partial charge in [0.1, 0.15) is 5.82 Å². The highest BCUT2D eigenvalue weighted by atomic mass is 127. The minimum atomic E-state index is -0.216. The summed E-state index contributed by atoms with van der Waals surface area (Å²) in [5.74, 6) is 0.589. The van der Waals surface area contributed by atoms with Crippen LogP contribution in [0.4, 0.5) is 4.39 Å². The molecule has 1 aliphatic heterocycles. The molecule has 5 nitrogen and oxygen atoms in total. The number of rotatable bonds is 5. The summed E-state index contributed by atoms with van der Waals surface area (Å²) in [4.78, 5) is 9.32. The molecule has 24 heavy (non-hydrogen) atoms. The van der Waals surface area contributed by atoms with Crippen LogP contribution in [0.3, 0.4) is 0 Å². The van der Waals surface area contributed by atoms with E-state index >= 15 is 0 Å². The van der Waals surface area contributed by atoms with Crippen molar-refractivity contribution in [1.82, 2.24) is 20.4 Å². The molecule has 7 heteroatoms. The molecule has 0 aromatic heterocycles. The largest absolute Gasteiger partial charge is 0.357 e. The summed E-state index contributed by atoms with van der Waals surface area (Å²) in [6.45, 7) is 7.52. The van der Waals surface area contributed by atoms with Crippen LogP contribution in [0.15, 0.2) is 29.3 Å². The van der Waals surface area contributed by atoms with Gasteiger partial charge in [0, 0.05) is 38.8 Å². The summed E-state index contributed by atoms with van der Waals surface area (Å²) >= 11 is 0. The van der Waals surface area contributed by atoms with Crippen molar-refractivity contribution in [3.8, 4) is 0 Å². The topological polar surface area (TPSA) is 42.9 Å². The maximum Gasteiger partial charge on any atom is 0.191 e. The van der Waals surface area contributed by atoms with Crippen molar-refractivity contribution >= 4 is 29.9 Å². The fourth-order valence-electron chi connectivity index (χ4n) is 2.64. The standard InChI is InChI=1S/C17H28FN5.HI/c1-4-19-17(20-11-14-5-7-15(18)8-6-14)21-12-16-13-22(2)9-10-23(16)3;/h5-8,16H,4,9-13H2,1-3H3,(H2,19,20,21);1H. The van der Waals surface area contributed by atoms with Crippen LogP contribution < -0.4 is 10.6 Å². The SMILES string of the molecule is CCNC(=NCc1ccc(F)cc1)NCC1CN(C)CCN1C.I. The van der Waals surface area contributed by atoms with Crippen LogP contribution in [-0.2, 0) is 6.54 Å². The lowest BCUT2D eigenvalue weighted by Gasteiger charge is -2.37. The molecule has 1 heterocycles. The number of hydrogen-bond acceptors (Lipinski definition) is 3. The molecule has 0 spiro atoms. The third kappa shape index (κ3) is 6.90. The first kappa shape index (κ1) is 21.1. The van der Waals surface area contributed by atoms with Gasteiger partial charge in [-0.25, -0.2) is 9.38 Å². The van der Waals surface area contributed by atoms with Crippen molar-refractivity contribution < 1.29 is 4.39 Å². The fraction of sp³-hybridized carbons (Fsp3) is 0.588. The van der Waals surface area contributed by atoms with Crippen molar-refractivity contribution in [2.75, 3.05) is 46.8 Å². The molecule has 0 amide bonds. The average molecular weight is 449 g/mol. The second kappa shape index (κ2) is 10.8. The predicted octanol–water partition coefficient (Wildman–Crippen LogP) is 1.74. The summed E-state index contributed by atoms with van der Waals surface area (Å²) in [5, 5.41) is 6.68. The Balaban J connectivity index is 0.00000288. The lowest BCUT2D eigenvalue weighted by atomic mass is 10.2. The second-order valence-corrected chi connectivity index (χ2v) is 6.10. The van der Waals surface area contributed by atoms with Gasteiger partial charge in [-0.05, 0) is 38.7 Å². The summed E-state index contributed by atoms with van der Waals surface area (Å²) in [5.41, 5.74) is 0.998. The second-order valence-electron chi connectivity index (χ2n) is 6.10. The number of piperazine rings is 1. The Morgan fingerprint density at radius 2 is 1.92 bits per heavy atom. The van der Waals surface area contributed by atoms with Gasteiger partial charge in [0.25, 0.3) is 0 Å². The molecule has 2 N–H and O–H groups in total. The van der Waals surface area contributed by atoms with Gasteiger partial charge >= 0.3 is 0 Å². The Bertz CT molecular complexity index is 508. The predicted molar refractivity (Wildman–Crippen MR) is 109 cm³/mol. The third-order valence-electron chi connectivity index (χ3n) is 4.16. The zero-order valence-electron chi connectivity index (χ0n) is 14.8. The highest BCUT2D eigenvalue weighted by Gasteiger charge is 2.21. The van der Waals surface area contributed by atoms with E-state index in [1.54, 1.807) is 12.1 Å². The molecule has 1 fully saturated rings. The third-order valence-corrected chi connectivity index (χ3v) is 4.16. The van der Waals surface area contributed by atoms with Crippen molar-refractivity contribution in [2.24, 2.45) is 4.99 Å². The summed E-state index contributed by atoms with van der Waals surface area (Å²) < 4.78 is 12.9. The Hall–Kier alpha value is -0.930. The van der Waals surface area contributed by atoms with Gasteiger partial charge in [-0.3, -0.25) is 4.90 Å². The number of nitrogens with one attached hydrogen (secondary N) is 2. The van der Waals surface area contributed by atoms with E-state index < -0.39 is 0 Å². The van der Waals surface area contributed by atoms with Crippen molar-refractivity contribution in [3.05, 3.63) is 35.6 Å². The zero-order chi connectivity index (χ0) is 16.7.